The Morgan fingerprint density at radius 2 is 2.13 bits per heavy atom. The van der Waals surface area contributed by atoms with Crippen LogP contribution in [0.3, 0.4) is 0 Å². The topological polar surface area (TPSA) is 80.0 Å². The molecular formula is C16H26N4O2S. The Morgan fingerprint density at radius 1 is 1.35 bits per heavy atom. The zero-order chi connectivity index (χ0) is 16.4. The maximum atomic E-state index is 12.4. The lowest BCUT2D eigenvalue weighted by Crippen LogP contribution is -2.46. The van der Waals surface area contributed by atoms with E-state index in [1.807, 2.05) is 10.9 Å². The molecule has 1 aromatic heterocycles. The Hall–Kier alpha value is -1.08. The molecule has 0 radical (unpaired) electrons. The lowest BCUT2D eigenvalue weighted by atomic mass is 9.90. The van der Waals surface area contributed by atoms with E-state index in [-0.39, 0.29) is 23.2 Å². The van der Waals surface area contributed by atoms with Gasteiger partial charge in [-0.3, -0.25) is 4.79 Å². The molecule has 1 aliphatic carbocycles. The molecule has 6 nitrogen and oxygen atoms in total. The zero-order valence-corrected chi connectivity index (χ0v) is 14.7. The summed E-state index contributed by atoms with van der Waals surface area (Å²) in [6, 6.07) is 0.233. The van der Waals surface area contributed by atoms with Gasteiger partial charge in [0.1, 0.15) is 11.3 Å². The Bertz CT molecular complexity index is 549. The van der Waals surface area contributed by atoms with Gasteiger partial charge in [-0.05, 0) is 45.3 Å². The molecule has 1 amide bonds. The van der Waals surface area contributed by atoms with E-state index in [2.05, 4.69) is 15.6 Å². The van der Waals surface area contributed by atoms with Gasteiger partial charge in [0, 0.05) is 0 Å². The monoisotopic (exact) mass is 338 g/mol. The number of aromatic nitrogens is 3. The predicted molar refractivity (Wildman–Crippen MR) is 90.2 cm³/mol. The molecule has 0 unspecified atom stereocenters. The Labute approximate surface area is 141 Å². The first-order valence-corrected chi connectivity index (χ1v) is 9.56. The van der Waals surface area contributed by atoms with E-state index < -0.39 is 5.60 Å². The molecule has 1 saturated heterocycles. The van der Waals surface area contributed by atoms with E-state index in [1.165, 1.54) is 0 Å². The smallest absolute Gasteiger partial charge is 0.233 e. The highest BCUT2D eigenvalue weighted by Crippen LogP contribution is 2.31. The number of nitrogens with one attached hydrogen (secondary N) is 1. The van der Waals surface area contributed by atoms with Crippen molar-refractivity contribution < 1.29 is 9.90 Å². The quantitative estimate of drug-likeness (QED) is 0.878. The fraction of sp³-hybridized carbons (Fsp3) is 0.812. The Balaban J connectivity index is 1.71. The van der Waals surface area contributed by atoms with Gasteiger partial charge in [-0.15, -0.1) is 16.9 Å². The highest BCUT2D eigenvalue weighted by atomic mass is 32.2. The molecule has 7 heteroatoms. The lowest BCUT2D eigenvalue weighted by molar-refractivity contribution is -0.121. The van der Waals surface area contributed by atoms with Crippen LogP contribution >= 0.6 is 11.8 Å². The molecule has 128 valence electrons. The van der Waals surface area contributed by atoms with E-state index >= 15 is 0 Å². The van der Waals surface area contributed by atoms with Crippen molar-refractivity contribution in [2.45, 2.75) is 75.3 Å². The standard InChI is InChI=1S/C16H26N4O2S/c1-16(2,22)14-10-20(19-18-14)12-7-4-3-6-11(12)17-15(21)13-8-5-9-23-13/h10-13,22H,3-9H2,1-2H3,(H,17,21)/t11-,12+,13+/m0/s1. The highest BCUT2D eigenvalue weighted by Gasteiger charge is 2.33. The largest absolute Gasteiger partial charge is 0.384 e. The summed E-state index contributed by atoms with van der Waals surface area (Å²) in [5.74, 6) is 1.26. The summed E-state index contributed by atoms with van der Waals surface area (Å²) in [5.41, 5.74) is -0.425. The maximum Gasteiger partial charge on any atom is 0.233 e. The van der Waals surface area contributed by atoms with Crippen LogP contribution in [0.15, 0.2) is 6.20 Å². The van der Waals surface area contributed by atoms with Crippen molar-refractivity contribution in [3.05, 3.63) is 11.9 Å². The molecule has 1 aromatic rings. The van der Waals surface area contributed by atoms with E-state index in [4.69, 9.17) is 0 Å². The van der Waals surface area contributed by atoms with Gasteiger partial charge < -0.3 is 10.4 Å². The molecule has 3 rings (SSSR count). The summed E-state index contributed by atoms with van der Waals surface area (Å²) in [6.45, 7) is 3.41. The third kappa shape index (κ3) is 3.88. The van der Waals surface area contributed by atoms with E-state index in [0.29, 0.717) is 5.69 Å². The van der Waals surface area contributed by atoms with Crippen LogP contribution in [0.2, 0.25) is 0 Å². The first kappa shape index (κ1) is 16.8. The van der Waals surface area contributed by atoms with Crippen molar-refractivity contribution in [2.24, 2.45) is 0 Å². The second kappa shape index (κ2) is 6.81. The van der Waals surface area contributed by atoms with Gasteiger partial charge >= 0.3 is 0 Å². The van der Waals surface area contributed by atoms with Crippen molar-refractivity contribution >= 4 is 17.7 Å². The fourth-order valence-electron chi connectivity index (χ4n) is 3.38. The fourth-order valence-corrected chi connectivity index (χ4v) is 4.55. The molecule has 0 spiro atoms. The molecule has 2 heterocycles. The third-order valence-electron chi connectivity index (χ3n) is 4.76. The summed E-state index contributed by atoms with van der Waals surface area (Å²) >= 11 is 1.76. The van der Waals surface area contributed by atoms with Crippen LogP contribution in [0.5, 0.6) is 0 Å². The Morgan fingerprint density at radius 3 is 2.78 bits per heavy atom. The number of amides is 1. The first-order valence-electron chi connectivity index (χ1n) is 8.52. The van der Waals surface area contributed by atoms with Gasteiger partial charge in [0.25, 0.3) is 0 Å². The molecule has 0 bridgehead atoms. The van der Waals surface area contributed by atoms with Gasteiger partial charge in [-0.2, -0.15) is 0 Å². The molecule has 1 saturated carbocycles. The minimum absolute atomic E-state index is 0.105. The number of nitrogens with zero attached hydrogens (tertiary/aromatic N) is 3. The van der Waals surface area contributed by atoms with Crippen LogP contribution in [0.25, 0.3) is 0 Å². The van der Waals surface area contributed by atoms with Crippen LogP contribution in [0.4, 0.5) is 0 Å². The normalized spacial score (nSPS) is 28.7. The molecule has 2 N–H and O–H groups in total. The summed E-state index contributed by atoms with van der Waals surface area (Å²) < 4.78 is 1.83. The summed E-state index contributed by atoms with van der Waals surface area (Å²) in [6.07, 6.45) is 8.16. The molecular weight excluding hydrogens is 312 g/mol. The van der Waals surface area contributed by atoms with Crippen molar-refractivity contribution in [1.82, 2.24) is 20.3 Å². The van der Waals surface area contributed by atoms with Crippen LogP contribution in [-0.2, 0) is 10.4 Å². The van der Waals surface area contributed by atoms with Crippen molar-refractivity contribution in [2.75, 3.05) is 5.75 Å². The van der Waals surface area contributed by atoms with E-state index in [1.54, 1.807) is 25.6 Å². The van der Waals surface area contributed by atoms with Gasteiger partial charge in [0.15, 0.2) is 0 Å². The van der Waals surface area contributed by atoms with Crippen molar-refractivity contribution in [3.8, 4) is 0 Å². The summed E-state index contributed by atoms with van der Waals surface area (Å²) in [7, 11) is 0. The molecule has 1 aliphatic heterocycles. The lowest BCUT2D eigenvalue weighted by Gasteiger charge is -2.32. The van der Waals surface area contributed by atoms with E-state index in [0.717, 1.165) is 44.3 Å². The predicted octanol–water partition coefficient (Wildman–Crippen LogP) is 2.00. The van der Waals surface area contributed by atoms with Crippen LogP contribution in [-0.4, -0.2) is 43.1 Å². The van der Waals surface area contributed by atoms with Gasteiger partial charge in [-0.1, -0.05) is 18.1 Å². The average molecular weight is 338 g/mol. The van der Waals surface area contributed by atoms with Crippen LogP contribution in [0.1, 0.15) is 64.1 Å². The third-order valence-corrected chi connectivity index (χ3v) is 6.13. The zero-order valence-electron chi connectivity index (χ0n) is 13.9. The van der Waals surface area contributed by atoms with Gasteiger partial charge in [0.05, 0.1) is 23.5 Å². The number of carbonyl (C=O) groups excluding carboxylic acids is 1. The highest BCUT2D eigenvalue weighted by molar-refractivity contribution is 8.00. The average Bonchev–Trinajstić information content (AvgIpc) is 3.19. The number of hydrogen-bond donors (Lipinski definition) is 2. The first-order chi connectivity index (χ1) is 10.9. The maximum absolute atomic E-state index is 12.4. The van der Waals surface area contributed by atoms with Gasteiger partial charge in [0.2, 0.25) is 5.91 Å². The second-order valence-electron chi connectivity index (χ2n) is 7.11. The minimum atomic E-state index is -0.994. The van der Waals surface area contributed by atoms with Crippen molar-refractivity contribution in [3.63, 3.8) is 0 Å². The number of carbonyl (C=O) groups is 1. The summed E-state index contributed by atoms with van der Waals surface area (Å²) in [4.78, 5) is 12.4. The minimum Gasteiger partial charge on any atom is -0.384 e. The summed E-state index contributed by atoms with van der Waals surface area (Å²) in [5, 5.41) is 21.7. The molecule has 23 heavy (non-hydrogen) atoms. The van der Waals surface area contributed by atoms with Crippen molar-refractivity contribution in [1.29, 1.82) is 0 Å². The number of aliphatic hydroxyl groups is 1. The molecule has 2 fully saturated rings. The van der Waals surface area contributed by atoms with E-state index in [9.17, 15) is 9.90 Å². The van der Waals surface area contributed by atoms with Gasteiger partial charge in [-0.25, -0.2) is 4.68 Å². The SMILES string of the molecule is CC(C)(O)c1cn([C@@H]2CCCC[C@@H]2NC(=O)[C@H]2CCCS2)nn1. The second-order valence-corrected chi connectivity index (χ2v) is 8.42. The number of thioether (sulfide) groups is 1. The number of rotatable bonds is 4. The Kier molecular flexibility index (Phi) is 4.96. The molecule has 0 aromatic carbocycles. The number of hydrogen-bond acceptors (Lipinski definition) is 5. The molecule has 2 aliphatic rings. The van der Waals surface area contributed by atoms with Crippen LogP contribution in [0, 0.1) is 0 Å². The van der Waals surface area contributed by atoms with Crippen LogP contribution < -0.4 is 5.32 Å². The molecule has 3 atom stereocenters.